The number of alkyl halides is 3. The lowest BCUT2D eigenvalue weighted by Crippen LogP contribution is -2.52. The first kappa shape index (κ1) is 16.7. The lowest BCUT2D eigenvalue weighted by molar-refractivity contribution is -0.275. The van der Waals surface area contributed by atoms with Gasteiger partial charge in [-0.3, -0.25) is 19.7 Å². The van der Waals surface area contributed by atoms with E-state index in [1.165, 1.54) is 6.07 Å². The van der Waals surface area contributed by atoms with Gasteiger partial charge in [0.05, 0.1) is 6.54 Å². The van der Waals surface area contributed by atoms with Crippen molar-refractivity contribution in [3.05, 3.63) is 27.7 Å². The molecule has 128 valence electrons. The Morgan fingerprint density at radius 2 is 1.96 bits per heavy atom. The molecule has 3 amide bonds. The fourth-order valence-corrected chi connectivity index (χ4v) is 3.25. The third-order valence-corrected chi connectivity index (χ3v) is 4.26. The second-order valence-corrected chi connectivity index (χ2v) is 6.29. The highest BCUT2D eigenvalue weighted by atomic mass is 79.9. The predicted octanol–water partition coefficient (Wildman–Crippen LogP) is 2.11. The van der Waals surface area contributed by atoms with E-state index in [4.69, 9.17) is 0 Å². The number of imide groups is 1. The van der Waals surface area contributed by atoms with Crippen LogP contribution in [0.25, 0.3) is 0 Å². The van der Waals surface area contributed by atoms with Gasteiger partial charge in [0.1, 0.15) is 11.8 Å². The summed E-state index contributed by atoms with van der Waals surface area (Å²) in [6.45, 7) is -0.195. The third-order valence-electron chi connectivity index (χ3n) is 3.81. The second kappa shape index (κ2) is 5.76. The Morgan fingerprint density at radius 3 is 2.58 bits per heavy atom. The van der Waals surface area contributed by atoms with Crippen LogP contribution in [0.4, 0.5) is 13.2 Å². The van der Waals surface area contributed by atoms with Crippen molar-refractivity contribution >= 4 is 33.7 Å². The molecule has 1 fully saturated rings. The molecule has 6 nitrogen and oxygen atoms in total. The molecule has 24 heavy (non-hydrogen) atoms. The summed E-state index contributed by atoms with van der Waals surface area (Å²) in [5, 5.41) is 2.13. The number of rotatable bonds is 2. The first-order valence-corrected chi connectivity index (χ1v) is 7.68. The normalized spacial score (nSPS) is 20.9. The molecule has 0 saturated carbocycles. The van der Waals surface area contributed by atoms with Crippen LogP contribution in [0.15, 0.2) is 16.6 Å². The van der Waals surface area contributed by atoms with Crippen LogP contribution in [0.5, 0.6) is 5.75 Å². The van der Waals surface area contributed by atoms with Crippen molar-refractivity contribution in [2.24, 2.45) is 0 Å². The molecule has 2 aliphatic rings. The summed E-state index contributed by atoms with van der Waals surface area (Å²) in [4.78, 5) is 36.8. The van der Waals surface area contributed by atoms with Crippen LogP contribution < -0.4 is 10.1 Å². The van der Waals surface area contributed by atoms with Gasteiger partial charge in [0.25, 0.3) is 5.91 Å². The second-order valence-electron chi connectivity index (χ2n) is 5.38. The predicted molar refractivity (Wildman–Crippen MR) is 76.9 cm³/mol. The van der Waals surface area contributed by atoms with Gasteiger partial charge in [0.15, 0.2) is 0 Å². The van der Waals surface area contributed by atoms with Crippen LogP contribution in [0.1, 0.15) is 28.8 Å². The maximum Gasteiger partial charge on any atom is 0.573 e. The molecule has 0 aliphatic carbocycles. The van der Waals surface area contributed by atoms with Crippen molar-refractivity contribution in [1.82, 2.24) is 10.2 Å². The minimum atomic E-state index is -4.90. The van der Waals surface area contributed by atoms with Crippen molar-refractivity contribution in [2.75, 3.05) is 0 Å². The molecule has 2 heterocycles. The van der Waals surface area contributed by atoms with Crippen LogP contribution in [-0.4, -0.2) is 35.0 Å². The first-order valence-electron chi connectivity index (χ1n) is 6.88. The molecule has 1 saturated heterocycles. The Morgan fingerprint density at radius 1 is 1.25 bits per heavy atom. The number of hydrogen-bond donors (Lipinski definition) is 1. The average Bonchev–Trinajstić information content (AvgIpc) is 2.75. The zero-order chi connectivity index (χ0) is 17.6. The Labute approximate surface area is 142 Å². The number of ether oxygens (including phenoxy) is 1. The monoisotopic (exact) mass is 406 g/mol. The number of piperidine rings is 1. The number of amides is 3. The van der Waals surface area contributed by atoms with Gasteiger partial charge < -0.3 is 9.64 Å². The smallest absolute Gasteiger partial charge is 0.405 e. The van der Waals surface area contributed by atoms with Crippen molar-refractivity contribution < 1.29 is 32.3 Å². The minimum absolute atomic E-state index is 0.0355. The van der Waals surface area contributed by atoms with Gasteiger partial charge in [-0.05, 0) is 18.6 Å². The Kier molecular flexibility index (Phi) is 4.02. The number of fused-ring (bicyclic) bond motifs is 1. The maximum absolute atomic E-state index is 12.6. The lowest BCUT2D eigenvalue weighted by atomic mass is 10.0. The lowest BCUT2D eigenvalue weighted by Gasteiger charge is -2.29. The number of carbonyl (C=O) groups is 3. The molecule has 0 spiro atoms. The van der Waals surface area contributed by atoms with Crippen molar-refractivity contribution in [2.45, 2.75) is 31.8 Å². The topological polar surface area (TPSA) is 75.7 Å². The molecule has 2 aliphatic heterocycles. The molecular weight excluding hydrogens is 397 g/mol. The van der Waals surface area contributed by atoms with E-state index in [0.717, 1.165) is 11.0 Å². The van der Waals surface area contributed by atoms with Crippen molar-refractivity contribution in [3.8, 4) is 5.75 Å². The van der Waals surface area contributed by atoms with Crippen LogP contribution in [-0.2, 0) is 16.1 Å². The Bertz CT molecular complexity index is 750. The fraction of sp³-hybridized carbons (Fsp3) is 0.357. The van der Waals surface area contributed by atoms with Crippen LogP contribution >= 0.6 is 15.9 Å². The maximum atomic E-state index is 12.6. The molecule has 1 aromatic rings. The first-order chi connectivity index (χ1) is 11.2. The molecule has 3 rings (SSSR count). The SMILES string of the molecule is O=C1CCC(N2Cc3c(OC(F)(F)F)cc(Br)cc3C2=O)C(=O)N1. The molecule has 1 atom stereocenters. The van der Waals surface area contributed by atoms with Crippen molar-refractivity contribution in [3.63, 3.8) is 0 Å². The molecule has 0 bridgehead atoms. The highest BCUT2D eigenvalue weighted by molar-refractivity contribution is 9.10. The summed E-state index contributed by atoms with van der Waals surface area (Å²) in [6.07, 6.45) is -4.72. The minimum Gasteiger partial charge on any atom is -0.405 e. The van der Waals surface area contributed by atoms with Crippen LogP contribution in [0, 0.1) is 0 Å². The van der Waals surface area contributed by atoms with Gasteiger partial charge in [0.2, 0.25) is 11.8 Å². The van der Waals surface area contributed by atoms with E-state index in [1.807, 2.05) is 0 Å². The zero-order valence-electron chi connectivity index (χ0n) is 11.9. The van der Waals surface area contributed by atoms with Crippen LogP contribution in [0.3, 0.4) is 0 Å². The quantitative estimate of drug-likeness (QED) is 0.763. The number of benzene rings is 1. The van der Waals surface area contributed by atoms with Gasteiger partial charge in [-0.1, -0.05) is 15.9 Å². The molecule has 1 unspecified atom stereocenters. The van der Waals surface area contributed by atoms with E-state index in [0.29, 0.717) is 0 Å². The van der Waals surface area contributed by atoms with E-state index in [1.54, 1.807) is 0 Å². The number of nitrogens with one attached hydrogen (secondary N) is 1. The summed E-state index contributed by atoms with van der Waals surface area (Å²) in [5.41, 5.74) is 0.0959. The highest BCUT2D eigenvalue weighted by Crippen LogP contribution is 2.38. The van der Waals surface area contributed by atoms with E-state index < -0.39 is 35.9 Å². The van der Waals surface area contributed by atoms with Crippen molar-refractivity contribution in [1.29, 1.82) is 0 Å². The van der Waals surface area contributed by atoms with E-state index in [2.05, 4.69) is 26.0 Å². The summed E-state index contributed by atoms with van der Waals surface area (Å²) >= 11 is 3.04. The highest BCUT2D eigenvalue weighted by Gasteiger charge is 2.42. The van der Waals surface area contributed by atoms with Gasteiger partial charge in [0, 0.05) is 22.0 Å². The van der Waals surface area contributed by atoms with Gasteiger partial charge in [-0.2, -0.15) is 0 Å². The van der Waals surface area contributed by atoms with E-state index in [-0.39, 0.29) is 35.0 Å². The van der Waals surface area contributed by atoms with Gasteiger partial charge >= 0.3 is 6.36 Å². The average molecular weight is 407 g/mol. The molecule has 0 aromatic heterocycles. The molecule has 10 heteroatoms. The Balaban J connectivity index is 1.93. The molecule has 1 N–H and O–H groups in total. The standard InChI is InChI=1S/C14H10BrF3N2O4/c15-6-3-7-8(10(4-6)24-14(16,17)18)5-20(13(7)23)9-1-2-11(21)19-12(9)22/h3-4,9H,1-2,5H2,(H,19,21,22). The van der Waals surface area contributed by atoms with Gasteiger partial charge in [-0.15, -0.1) is 13.2 Å². The summed E-state index contributed by atoms with van der Waals surface area (Å²) < 4.78 is 41.9. The summed E-state index contributed by atoms with van der Waals surface area (Å²) in [7, 11) is 0. The van der Waals surface area contributed by atoms with Gasteiger partial charge in [-0.25, -0.2) is 0 Å². The molecule has 0 radical (unpaired) electrons. The fourth-order valence-electron chi connectivity index (χ4n) is 2.81. The number of halogens is 4. The summed E-state index contributed by atoms with van der Waals surface area (Å²) in [5.74, 6) is -2.14. The number of nitrogens with zero attached hydrogens (tertiary/aromatic N) is 1. The van der Waals surface area contributed by atoms with E-state index >= 15 is 0 Å². The summed E-state index contributed by atoms with van der Waals surface area (Å²) in [6, 6.07) is 1.60. The number of carbonyl (C=O) groups excluding carboxylic acids is 3. The number of hydrogen-bond acceptors (Lipinski definition) is 4. The Hall–Kier alpha value is -2.10. The largest absolute Gasteiger partial charge is 0.573 e. The van der Waals surface area contributed by atoms with E-state index in [9.17, 15) is 27.6 Å². The zero-order valence-corrected chi connectivity index (χ0v) is 13.5. The molecule has 1 aromatic carbocycles. The van der Waals surface area contributed by atoms with Crippen LogP contribution in [0.2, 0.25) is 0 Å². The molecular formula is C14H10BrF3N2O4. The third kappa shape index (κ3) is 3.10.